The second kappa shape index (κ2) is 9.66. The van der Waals surface area contributed by atoms with Gasteiger partial charge >= 0.3 is 5.69 Å². The van der Waals surface area contributed by atoms with Gasteiger partial charge in [0.25, 0.3) is 5.91 Å². The molecule has 3 N–H and O–H groups in total. The SMILES string of the molecule is CCCCn1c(SCC(=O)NNC(=O)c2ccc(OC)cc2)n[nH]c1=O. The number of thioether (sulfide) groups is 1. The predicted octanol–water partition coefficient (Wildman–Crippen LogP) is 0.933. The van der Waals surface area contributed by atoms with Crippen LogP contribution in [0.4, 0.5) is 0 Å². The predicted molar refractivity (Wildman–Crippen MR) is 97.1 cm³/mol. The van der Waals surface area contributed by atoms with Crippen molar-refractivity contribution < 1.29 is 14.3 Å². The van der Waals surface area contributed by atoms with Crippen molar-refractivity contribution in [3.8, 4) is 5.75 Å². The topological polar surface area (TPSA) is 118 Å². The Morgan fingerprint density at radius 2 is 2.00 bits per heavy atom. The van der Waals surface area contributed by atoms with E-state index in [1.165, 1.54) is 11.7 Å². The molecule has 2 aromatic rings. The fraction of sp³-hybridized carbons (Fsp3) is 0.375. The zero-order valence-corrected chi connectivity index (χ0v) is 15.4. The number of methoxy groups -OCH3 is 1. The molecule has 0 aliphatic rings. The Morgan fingerprint density at radius 1 is 1.27 bits per heavy atom. The number of aromatic nitrogens is 3. The van der Waals surface area contributed by atoms with Crippen LogP contribution in [-0.4, -0.2) is 39.4 Å². The van der Waals surface area contributed by atoms with Gasteiger partial charge in [0, 0.05) is 12.1 Å². The van der Waals surface area contributed by atoms with Crippen LogP contribution in [0.15, 0.2) is 34.2 Å². The molecule has 0 saturated heterocycles. The molecule has 0 unspecified atom stereocenters. The molecule has 0 spiro atoms. The van der Waals surface area contributed by atoms with Gasteiger partial charge in [-0.1, -0.05) is 25.1 Å². The number of aromatic amines is 1. The summed E-state index contributed by atoms with van der Waals surface area (Å²) in [4.78, 5) is 35.5. The number of hydrogen-bond acceptors (Lipinski definition) is 6. The lowest BCUT2D eigenvalue weighted by atomic mass is 10.2. The molecular formula is C16H21N5O4S. The average Bonchev–Trinajstić information content (AvgIpc) is 3.02. The molecule has 2 amide bonds. The van der Waals surface area contributed by atoms with E-state index in [2.05, 4.69) is 21.0 Å². The van der Waals surface area contributed by atoms with Gasteiger partial charge in [-0.3, -0.25) is 25.0 Å². The molecule has 0 bridgehead atoms. The van der Waals surface area contributed by atoms with Crippen LogP contribution in [0, 0.1) is 0 Å². The van der Waals surface area contributed by atoms with Crippen LogP contribution in [0.3, 0.4) is 0 Å². The summed E-state index contributed by atoms with van der Waals surface area (Å²) in [5.41, 5.74) is 4.76. The van der Waals surface area contributed by atoms with Crippen molar-refractivity contribution in [1.29, 1.82) is 0 Å². The Morgan fingerprint density at radius 3 is 2.65 bits per heavy atom. The van der Waals surface area contributed by atoms with E-state index in [9.17, 15) is 14.4 Å². The van der Waals surface area contributed by atoms with E-state index in [0.29, 0.717) is 23.0 Å². The lowest BCUT2D eigenvalue weighted by Gasteiger charge is -2.08. The molecular weight excluding hydrogens is 358 g/mol. The van der Waals surface area contributed by atoms with E-state index in [4.69, 9.17) is 4.74 Å². The van der Waals surface area contributed by atoms with Gasteiger partial charge in [0.05, 0.1) is 12.9 Å². The third-order valence-electron chi connectivity index (χ3n) is 3.46. The number of hydrazine groups is 1. The summed E-state index contributed by atoms with van der Waals surface area (Å²) in [6.45, 7) is 2.57. The van der Waals surface area contributed by atoms with E-state index in [-0.39, 0.29) is 11.4 Å². The Balaban J connectivity index is 1.81. The van der Waals surface area contributed by atoms with E-state index < -0.39 is 11.8 Å². The molecule has 1 aromatic carbocycles. The normalized spacial score (nSPS) is 10.4. The number of nitrogens with one attached hydrogen (secondary N) is 3. The average molecular weight is 379 g/mol. The van der Waals surface area contributed by atoms with Crippen molar-refractivity contribution in [3.05, 3.63) is 40.3 Å². The highest BCUT2D eigenvalue weighted by Gasteiger charge is 2.12. The molecule has 10 heteroatoms. The third-order valence-corrected chi connectivity index (χ3v) is 4.43. The third kappa shape index (κ3) is 5.38. The first-order valence-corrected chi connectivity index (χ1v) is 9.05. The van der Waals surface area contributed by atoms with Crippen molar-refractivity contribution >= 4 is 23.6 Å². The summed E-state index contributed by atoms with van der Waals surface area (Å²) in [5, 5.41) is 6.73. The largest absolute Gasteiger partial charge is 0.497 e. The first-order chi connectivity index (χ1) is 12.5. The van der Waals surface area contributed by atoms with Crippen LogP contribution < -0.4 is 21.3 Å². The number of hydrogen-bond donors (Lipinski definition) is 3. The van der Waals surface area contributed by atoms with Gasteiger partial charge in [-0.25, -0.2) is 9.89 Å². The zero-order chi connectivity index (χ0) is 18.9. The summed E-state index contributed by atoms with van der Waals surface area (Å²) < 4.78 is 6.52. The molecule has 0 fully saturated rings. The Kier molecular flexibility index (Phi) is 7.27. The molecule has 2 rings (SSSR count). The van der Waals surface area contributed by atoms with Gasteiger partial charge in [0.1, 0.15) is 5.75 Å². The molecule has 0 aliphatic heterocycles. The van der Waals surface area contributed by atoms with Crippen LogP contribution in [0.1, 0.15) is 30.1 Å². The Labute approximate surface area is 154 Å². The zero-order valence-electron chi connectivity index (χ0n) is 14.6. The molecule has 0 atom stereocenters. The summed E-state index contributed by atoms with van der Waals surface area (Å²) in [6.07, 6.45) is 1.79. The summed E-state index contributed by atoms with van der Waals surface area (Å²) >= 11 is 1.12. The molecule has 0 aliphatic carbocycles. The molecule has 0 saturated carbocycles. The highest BCUT2D eigenvalue weighted by molar-refractivity contribution is 7.99. The second-order valence-electron chi connectivity index (χ2n) is 5.34. The van der Waals surface area contributed by atoms with Crippen LogP contribution in [0.25, 0.3) is 0 Å². The van der Waals surface area contributed by atoms with Crippen molar-refractivity contribution in [1.82, 2.24) is 25.6 Å². The monoisotopic (exact) mass is 379 g/mol. The Bertz CT molecular complexity index is 800. The lowest BCUT2D eigenvalue weighted by Crippen LogP contribution is -2.42. The number of benzene rings is 1. The van der Waals surface area contributed by atoms with Crippen molar-refractivity contribution in [3.63, 3.8) is 0 Å². The van der Waals surface area contributed by atoms with Crippen LogP contribution in [-0.2, 0) is 11.3 Å². The number of rotatable bonds is 8. The quantitative estimate of drug-likeness (QED) is 0.464. The highest BCUT2D eigenvalue weighted by Crippen LogP contribution is 2.13. The molecule has 26 heavy (non-hydrogen) atoms. The van der Waals surface area contributed by atoms with E-state index in [1.807, 2.05) is 6.92 Å². The minimum absolute atomic E-state index is 0.0132. The summed E-state index contributed by atoms with van der Waals surface area (Å²) in [5.74, 6) is -0.200. The van der Waals surface area contributed by atoms with E-state index >= 15 is 0 Å². The van der Waals surface area contributed by atoms with Gasteiger partial charge in [0.2, 0.25) is 5.91 Å². The van der Waals surface area contributed by atoms with Gasteiger partial charge in [-0.2, -0.15) is 0 Å². The van der Waals surface area contributed by atoms with Gasteiger partial charge in [-0.15, -0.1) is 5.10 Å². The standard InChI is InChI=1S/C16H21N5O4S/c1-3-4-9-21-15(24)19-20-16(21)26-10-13(22)17-18-14(23)11-5-7-12(25-2)8-6-11/h5-8H,3-4,9-10H2,1-2H3,(H,17,22)(H,18,23)(H,19,24). The maximum absolute atomic E-state index is 12.0. The van der Waals surface area contributed by atoms with Crippen LogP contribution >= 0.6 is 11.8 Å². The maximum atomic E-state index is 12.0. The number of unbranched alkanes of at least 4 members (excludes halogenated alkanes) is 1. The molecule has 9 nitrogen and oxygen atoms in total. The minimum atomic E-state index is -0.439. The number of nitrogens with zero attached hydrogens (tertiary/aromatic N) is 2. The number of ether oxygens (including phenoxy) is 1. The summed E-state index contributed by atoms with van der Waals surface area (Å²) in [6, 6.07) is 6.48. The first-order valence-electron chi connectivity index (χ1n) is 8.06. The van der Waals surface area contributed by atoms with Crippen LogP contribution in [0.5, 0.6) is 5.75 Å². The first kappa shape index (κ1) is 19.6. The lowest BCUT2D eigenvalue weighted by molar-refractivity contribution is -0.119. The number of carbonyl (C=O) groups is 2. The molecule has 140 valence electrons. The summed E-state index contributed by atoms with van der Waals surface area (Å²) in [7, 11) is 1.54. The fourth-order valence-corrected chi connectivity index (χ4v) is 2.81. The van der Waals surface area contributed by atoms with Gasteiger partial charge < -0.3 is 4.74 Å². The number of H-pyrrole nitrogens is 1. The number of carbonyl (C=O) groups excluding carboxylic acids is 2. The molecule has 0 radical (unpaired) electrons. The molecule has 1 aromatic heterocycles. The van der Waals surface area contributed by atoms with E-state index in [0.717, 1.165) is 24.6 Å². The Hall–Kier alpha value is -2.75. The highest BCUT2D eigenvalue weighted by atomic mass is 32.2. The van der Waals surface area contributed by atoms with Crippen molar-refractivity contribution in [2.24, 2.45) is 0 Å². The smallest absolute Gasteiger partial charge is 0.343 e. The van der Waals surface area contributed by atoms with Gasteiger partial charge in [0.15, 0.2) is 5.16 Å². The van der Waals surface area contributed by atoms with Crippen molar-refractivity contribution in [2.45, 2.75) is 31.5 Å². The fourth-order valence-electron chi connectivity index (χ4n) is 2.03. The van der Waals surface area contributed by atoms with Crippen LogP contribution in [0.2, 0.25) is 0 Å². The minimum Gasteiger partial charge on any atom is -0.497 e. The number of amides is 2. The second-order valence-corrected chi connectivity index (χ2v) is 6.28. The van der Waals surface area contributed by atoms with E-state index in [1.54, 1.807) is 24.3 Å². The van der Waals surface area contributed by atoms with Crippen molar-refractivity contribution in [2.75, 3.05) is 12.9 Å². The van der Waals surface area contributed by atoms with Gasteiger partial charge in [-0.05, 0) is 30.7 Å². The molecule has 1 heterocycles. The maximum Gasteiger partial charge on any atom is 0.343 e.